The molecule has 6 nitrogen and oxygen atoms in total. The summed E-state index contributed by atoms with van der Waals surface area (Å²) >= 11 is 0. The second-order valence-electron chi connectivity index (χ2n) is 4.20. The molecule has 100 valence electrons. The van der Waals surface area contributed by atoms with Crippen molar-refractivity contribution >= 4 is 11.4 Å². The summed E-state index contributed by atoms with van der Waals surface area (Å²) in [6.07, 6.45) is 3.40. The topological polar surface area (TPSA) is 73.0 Å². The Balaban J connectivity index is 2.30. The molecule has 1 unspecified atom stereocenters. The zero-order valence-corrected chi connectivity index (χ0v) is 10.5. The number of hydrogen-bond donors (Lipinski definition) is 1. The van der Waals surface area contributed by atoms with Gasteiger partial charge < -0.3 is 5.32 Å². The fourth-order valence-electron chi connectivity index (χ4n) is 1.77. The van der Waals surface area contributed by atoms with Crippen molar-refractivity contribution in [3.63, 3.8) is 0 Å². The summed E-state index contributed by atoms with van der Waals surface area (Å²) in [5.41, 5.74) is 0.430. The molecule has 1 aromatic heterocycles. The molecule has 0 aliphatic carbocycles. The first kappa shape index (κ1) is 13.0. The minimum absolute atomic E-state index is 0.108. The first-order valence-electron chi connectivity index (χ1n) is 5.67. The molecule has 1 aromatic carbocycles. The van der Waals surface area contributed by atoms with E-state index in [0.29, 0.717) is 0 Å². The van der Waals surface area contributed by atoms with Gasteiger partial charge in [0.15, 0.2) is 5.82 Å². The van der Waals surface area contributed by atoms with Crippen LogP contribution in [0.1, 0.15) is 18.5 Å². The van der Waals surface area contributed by atoms with E-state index in [1.54, 1.807) is 31.0 Å². The third-order valence-corrected chi connectivity index (χ3v) is 2.77. The first-order valence-corrected chi connectivity index (χ1v) is 5.67. The van der Waals surface area contributed by atoms with Gasteiger partial charge in [-0.1, -0.05) is 6.07 Å². The lowest BCUT2D eigenvalue weighted by atomic mass is 10.1. The Kier molecular flexibility index (Phi) is 3.46. The molecule has 7 heteroatoms. The van der Waals surface area contributed by atoms with Crippen LogP contribution in [0.2, 0.25) is 0 Å². The average molecular weight is 264 g/mol. The third kappa shape index (κ3) is 2.70. The van der Waals surface area contributed by atoms with Crippen LogP contribution >= 0.6 is 0 Å². The highest BCUT2D eigenvalue weighted by molar-refractivity contribution is 5.62. The van der Waals surface area contributed by atoms with Crippen LogP contribution in [0.4, 0.5) is 15.8 Å². The van der Waals surface area contributed by atoms with E-state index in [1.807, 2.05) is 0 Å². The van der Waals surface area contributed by atoms with Crippen LogP contribution in [0, 0.1) is 15.9 Å². The second-order valence-corrected chi connectivity index (χ2v) is 4.20. The van der Waals surface area contributed by atoms with E-state index < -0.39 is 10.7 Å². The lowest BCUT2D eigenvalue weighted by molar-refractivity contribution is -0.384. The third-order valence-electron chi connectivity index (χ3n) is 2.77. The second kappa shape index (κ2) is 5.05. The van der Waals surface area contributed by atoms with Crippen molar-refractivity contribution in [1.82, 2.24) is 9.78 Å². The fourth-order valence-corrected chi connectivity index (χ4v) is 1.77. The number of nitro benzene ring substituents is 1. The Hall–Kier alpha value is -2.44. The normalized spacial score (nSPS) is 12.2. The molecule has 0 aliphatic rings. The van der Waals surface area contributed by atoms with Gasteiger partial charge in [0.1, 0.15) is 5.69 Å². The standard InChI is InChI=1S/C12H13FN4O2/c1-8(9-6-14-16(2)7-9)15-12-10(13)4-3-5-11(12)17(18)19/h3-8,15H,1-2H3. The van der Waals surface area contributed by atoms with Crippen LogP contribution < -0.4 is 5.32 Å². The summed E-state index contributed by atoms with van der Waals surface area (Å²) < 4.78 is 15.3. The van der Waals surface area contributed by atoms with Gasteiger partial charge >= 0.3 is 0 Å². The highest BCUT2D eigenvalue weighted by atomic mass is 19.1. The Morgan fingerprint density at radius 2 is 2.26 bits per heavy atom. The molecule has 0 saturated heterocycles. The number of halogens is 1. The largest absolute Gasteiger partial charge is 0.370 e. The van der Waals surface area contributed by atoms with E-state index in [-0.39, 0.29) is 17.4 Å². The van der Waals surface area contributed by atoms with Gasteiger partial charge in [0.2, 0.25) is 0 Å². The molecule has 0 amide bonds. The quantitative estimate of drug-likeness (QED) is 0.680. The molecule has 1 N–H and O–H groups in total. The summed E-state index contributed by atoms with van der Waals surface area (Å²) in [5.74, 6) is -0.648. The highest BCUT2D eigenvalue weighted by Gasteiger charge is 2.20. The smallest absolute Gasteiger partial charge is 0.295 e. The number of rotatable bonds is 4. The van der Waals surface area contributed by atoms with E-state index in [0.717, 1.165) is 5.56 Å². The van der Waals surface area contributed by atoms with Gasteiger partial charge in [-0.15, -0.1) is 0 Å². The Morgan fingerprint density at radius 1 is 1.53 bits per heavy atom. The number of anilines is 1. The first-order chi connectivity index (χ1) is 8.99. The maximum Gasteiger partial charge on any atom is 0.295 e. The predicted molar refractivity (Wildman–Crippen MR) is 68.3 cm³/mol. The molecule has 0 bridgehead atoms. The van der Waals surface area contributed by atoms with Gasteiger partial charge in [-0.05, 0) is 13.0 Å². The molecule has 0 radical (unpaired) electrons. The Morgan fingerprint density at radius 3 is 2.84 bits per heavy atom. The maximum atomic E-state index is 13.7. The Bertz CT molecular complexity index is 612. The van der Waals surface area contributed by atoms with Crippen LogP contribution in [0.3, 0.4) is 0 Å². The van der Waals surface area contributed by atoms with Gasteiger partial charge in [-0.2, -0.15) is 5.10 Å². The summed E-state index contributed by atoms with van der Waals surface area (Å²) in [5, 5.41) is 17.7. The van der Waals surface area contributed by atoms with Gasteiger partial charge in [-0.3, -0.25) is 14.8 Å². The zero-order chi connectivity index (χ0) is 14.0. The molecular weight excluding hydrogens is 251 g/mol. The van der Waals surface area contributed by atoms with Crippen molar-refractivity contribution in [2.24, 2.45) is 7.05 Å². The van der Waals surface area contributed by atoms with Crippen LogP contribution in [0.15, 0.2) is 30.6 Å². The van der Waals surface area contributed by atoms with Crippen molar-refractivity contribution in [2.75, 3.05) is 5.32 Å². The van der Waals surface area contributed by atoms with E-state index in [1.165, 1.54) is 18.2 Å². The molecule has 0 saturated carbocycles. The molecule has 0 fully saturated rings. The molecule has 2 aromatic rings. The molecule has 2 rings (SSSR count). The van der Waals surface area contributed by atoms with Gasteiger partial charge in [0.25, 0.3) is 5.69 Å². The van der Waals surface area contributed by atoms with Crippen molar-refractivity contribution in [3.05, 3.63) is 52.1 Å². The van der Waals surface area contributed by atoms with Gasteiger partial charge in [0.05, 0.1) is 17.2 Å². The van der Waals surface area contributed by atoms with E-state index in [9.17, 15) is 14.5 Å². The lowest BCUT2D eigenvalue weighted by Gasteiger charge is -2.14. The van der Waals surface area contributed by atoms with Crippen molar-refractivity contribution in [1.29, 1.82) is 0 Å². The van der Waals surface area contributed by atoms with E-state index in [2.05, 4.69) is 10.4 Å². The number of nitro groups is 1. The monoisotopic (exact) mass is 264 g/mol. The van der Waals surface area contributed by atoms with Crippen LogP contribution in [-0.2, 0) is 7.05 Å². The minimum Gasteiger partial charge on any atom is -0.370 e. The van der Waals surface area contributed by atoms with Gasteiger partial charge in [-0.25, -0.2) is 4.39 Å². The number of benzene rings is 1. The Labute approximate surface area is 109 Å². The lowest BCUT2D eigenvalue weighted by Crippen LogP contribution is -2.09. The summed E-state index contributed by atoms with van der Waals surface area (Å²) in [6.45, 7) is 1.78. The molecule has 1 atom stereocenters. The minimum atomic E-state index is -0.648. The SMILES string of the molecule is CC(Nc1c(F)cccc1[N+](=O)[O-])c1cnn(C)c1. The number of para-hydroxylation sites is 1. The molecule has 0 aliphatic heterocycles. The van der Waals surface area contributed by atoms with Crippen molar-refractivity contribution < 1.29 is 9.31 Å². The number of aromatic nitrogens is 2. The van der Waals surface area contributed by atoms with Crippen molar-refractivity contribution in [2.45, 2.75) is 13.0 Å². The van der Waals surface area contributed by atoms with Crippen LogP contribution in [-0.4, -0.2) is 14.7 Å². The highest BCUT2D eigenvalue weighted by Crippen LogP contribution is 2.30. The van der Waals surface area contributed by atoms with Crippen LogP contribution in [0.5, 0.6) is 0 Å². The van der Waals surface area contributed by atoms with E-state index in [4.69, 9.17) is 0 Å². The van der Waals surface area contributed by atoms with Gasteiger partial charge in [0, 0.05) is 24.9 Å². The average Bonchev–Trinajstić information content (AvgIpc) is 2.78. The summed E-state index contributed by atoms with van der Waals surface area (Å²) in [7, 11) is 1.77. The van der Waals surface area contributed by atoms with E-state index >= 15 is 0 Å². The summed E-state index contributed by atoms with van der Waals surface area (Å²) in [6, 6.07) is 3.48. The number of hydrogen-bond acceptors (Lipinski definition) is 4. The molecule has 19 heavy (non-hydrogen) atoms. The van der Waals surface area contributed by atoms with Crippen molar-refractivity contribution in [3.8, 4) is 0 Å². The summed E-state index contributed by atoms with van der Waals surface area (Å²) in [4.78, 5) is 10.3. The van der Waals surface area contributed by atoms with Crippen LogP contribution in [0.25, 0.3) is 0 Å². The predicted octanol–water partition coefficient (Wildman–Crippen LogP) is 2.64. The number of nitrogens with one attached hydrogen (secondary N) is 1. The fraction of sp³-hybridized carbons (Fsp3) is 0.250. The molecule has 0 spiro atoms. The maximum absolute atomic E-state index is 13.7. The number of nitrogens with zero attached hydrogens (tertiary/aromatic N) is 3. The number of aryl methyl sites for hydroxylation is 1. The molecule has 1 heterocycles. The zero-order valence-electron chi connectivity index (χ0n) is 10.5. The molecular formula is C12H13FN4O2.